The number of rotatable bonds is 2. The maximum Gasteiger partial charge on any atom is 0.240 e. The van der Waals surface area contributed by atoms with E-state index in [1.54, 1.807) is 6.07 Å². The molecule has 1 aromatic carbocycles. The van der Waals surface area contributed by atoms with Gasteiger partial charge in [0.1, 0.15) is 28.2 Å². The number of H-pyrrole nitrogens is 1. The molecule has 3 rings (SSSR count). The molecule has 0 saturated carbocycles. The van der Waals surface area contributed by atoms with E-state index in [2.05, 4.69) is 9.97 Å². The monoisotopic (exact) mass is 334 g/mol. The van der Waals surface area contributed by atoms with Crippen molar-refractivity contribution in [3.63, 3.8) is 0 Å². The van der Waals surface area contributed by atoms with Crippen LogP contribution in [0, 0.1) is 23.0 Å². The van der Waals surface area contributed by atoms with Crippen molar-refractivity contribution in [2.45, 2.75) is 4.90 Å². The molecule has 0 aliphatic carbocycles. The Bertz CT molecular complexity index is 1080. The van der Waals surface area contributed by atoms with E-state index in [0.717, 1.165) is 12.1 Å². The van der Waals surface area contributed by atoms with E-state index < -0.39 is 27.2 Å². The van der Waals surface area contributed by atoms with Crippen molar-refractivity contribution in [3.05, 3.63) is 47.7 Å². The zero-order valence-corrected chi connectivity index (χ0v) is 12.2. The number of sulfonamides is 1. The molecule has 6 nitrogen and oxygen atoms in total. The number of nitrogens with zero attached hydrogens (tertiary/aromatic N) is 2. The summed E-state index contributed by atoms with van der Waals surface area (Å²) in [7, 11) is -3.93. The van der Waals surface area contributed by atoms with Crippen molar-refractivity contribution in [1.29, 1.82) is 5.26 Å². The quantitative estimate of drug-likeness (QED) is 0.746. The van der Waals surface area contributed by atoms with Gasteiger partial charge < -0.3 is 4.98 Å². The maximum atomic E-state index is 14.0. The van der Waals surface area contributed by atoms with Gasteiger partial charge >= 0.3 is 0 Å². The third kappa shape index (κ3) is 2.54. The second-order valence-corrected chi connectivity index (χ2v) is 6.24. The summed E-state index contributed by atoms with van der Waals surface area (Å²) in [6.07, 6.45) is 1.17. The van der Waals surface area contributed by atoms with Gasteiger partial charge in [-0.3, -0.25) is 0 Å². The maximum absolute atomic E-state index is 14.0. The Morgan fingerprint density at radius 3 is 2.61 bits per heavy atom. The largest absolute Gasteiger partial charge is 0.345 e. The molecule has 2 heterocycles. The zero-order valence-electron chi connectivity index (χ0n) is 11.3. The van der Waals surface area contributed by atoms with Gasteiger partial charge in [0.25, 0.3) is 0 Å². The highest BCUT2D eigenvalue weighted by atomic mass is 32.2. The summed E-state index contributed by atoms with van der Waals surface area (Å²) >= 11 is 0. The summed E-state index contributed by atoms with van der Waals surface area (Å²) in [6.45, 7) is 0. The van der Waals surface area contributed by atoms with E-state index in [9.17, 15) is 17.2 Å². The molecule has 23 heavy (non-hydrogen) atoms. The fraction of sp³-hybridized carbons (Fsp3) is 0. The third-order valence-corrected chi connectivity index (χ3v) is 4.21. The molecule has 0 bridgehead atoms. The molecule has 0 amide bonds. The molecule has 0 radical (unpaired) electrons. The van der Waals surface area contributed by atoms with Crippen LogP contribution in [0.1, 0.15) is 5.56 Å². The second kappa shape index (κ2) is 5.12. The topological polar surface area (TPSA) is 113 Å². The number of benzene rings is 1. The molecular formula is C14H8F2N4O2S. The summed E-state index contributed by atoms with van der Waals surface area (Å²) in [5.74, 6) is -1.68. The lowest BCUT2D eigenvalue weighted by atomic mass is 10.1. The van der Waals surface area contributed by atoms with Crippen LogP contribution in [0.4, 0.5) is 8.78 Å². The first-order valence-electron chi connectivity index (χ1n) is 6.21. The Kier molecular flexibility index (Phi) is 3.35. The lowest BCUT2D eigenvalue weighted by Gasteiger charge is -2.05. The number of halogens is 2. The number of nitrogens with one attached hydrogen (secondary N) is 1. The van der Waals surface area contributed by atoms with Crippen LogP contribution in [-0.4, -0.2) is 18.4 Å². The van der Waals surface area contributed by atoms with Crippen molar-refractivity contribution in [2.24, 2.45) is 5.14 Å². The summed E-state index contributed by atoms with van der Waals surface area (Å²) in [5, 5.41) is 14.0. The molecule has 3 N–H and O–H groups in total. The molecular weight excluding hydrogens is 326 g/mol. The average Bonchev–Trinajstić information content (AvgIpc) is 2.92. The van der Waals surface area contributed by atoms with Crippen molar-refractivity contribution in [3.8, 4) is 17.3 Å². The van der Waals surface area contributed by atoms with Crippen molar-refractivity contribution in [2.75, 3.05) is 0 Å². The molecule has 116 valence electrons. The van der Waals surface area contributed by atoms with Gasteiger partial charge in [-0.05, 0) is 24.3 Å². The summed E-state index contributed by atoms with van der Waals surface area (Å²) in [5.41, 5.74) is -0.309. The number of nitriles is 1. The Morgan fingerprint density at radius 1 is 1.22 bits per heavy atom. The molecule has 0 unspecified atom stereocenters. The minimum absolute atomic E-state index is 0.0845. The average molecular weight is 334 g/mol. The minimum atomic E-state index is -3.93. The lowest BCUT2D eigenvalue weighted by molar-refractivity contribution is 0.598. The molecule has 0 spiro atoms. The van der Waals surface area contributed by atoms with Crippen molar-refractivity contribution < 1.29 is 17.2 Å². The van der Waals surface area contributed by atoms with Gasteiger partial charge in [0.05, 0.1) is 11.3 Å². The first kappa shape index (κ1) is 15.1. The number of fused-ring (bicyclic) bond motifs is 1. The van der Waals surface area contributed by atoms with E-state index in [4.69, 9.17) is 10.4 Å². The number of hydrogen-bond donors (Lipinski definition) is 2. The Balaban J connectivity index is 2.20. The van der Waals surface area contributed by atoms with E-state index in [0.29, 0.717) is 0 Å². The van der Waals surface area contributed by atoms with Gasteiger partial charge in [0, 0.05) is 17.1 Å². The highest BCUT2D eigenvalue weighted by molar-refractivity contribution is 7.89. The van der Waals surface area contributed by atoms with E-state index in [-0.39, 0.29) is 27.2 Å². The highest BCUT2D eigenvalue weighted by Gasteiger charge is 2.17. The van der Waals surface area contributed by atoms with Crippen LogP contribution in [0.15, 0.2) is 35.4 Å². The molecule has 0 atom stereocenters. The highest BCUT2D eigenvalue weighted by Crippen LogP contribution is 2.27. The fourth-order valence-corrected chi connectivity index (χ4v) is 2.89. The number of hydrogen-bond acceptors (Lipinski definition) is 4. The molecule has 0 saturated heterocycles. The Hall–Kier alpha value is -2.83. The predicted molar refractivity (Wildman–Crippen MR) is 77.5 cm³/mol. The van der Waals surface area contributed by atoms with Gasteiger partial charge in [-0.25, -0.2) is 27.3 Å². The van der Waals surface area contributed by atoms with E-state index >= 15 is 0 Å². The smallest absolute Gasteiger partial charge is 0.240 e. The SMILES string of the molecule is N#Cc1cc(F)c(-c2ccc3c(S(N)(=O)=O)c[nH]c3n2)cc1F. The minimum Gasteiger partial charge on any atom is -0.345 e. The zero-order chi connectivity index (χ0) is 16.8. The van der Waals surface area contributed by atoms with Gasteiger partial charge in [0.2, 0.25) is 10.0 Å². The first-order chi connectivity index (χ1) is 10.8. The molecule has 9 heteroatoms. The lowest BCUT2D eigenvalue weighted by Crippen LogP contribution is -2.11. The molecule has 3 aromatic rings. The van der Waals surface area contributed by atoms with E-state index in [1.165, 1.54) is 18.3 Å². The third-order valence-electron chi connectivity index (χ3n) is 3.26. The summed E-state index contributed by atoms with van der Waals surface area (Å²) in [4.78, 5) is 6.55. The normalized spacial score (nSPS) is 11.6. The molecule has 0 fully saturated rings. The van der Waals surface area contributed by atoms with Crippen molar-refractivity contribution >= 4 is 21.1 Å². The standard InChI is InChI=1S/C14H8F2N4O2S/c15-10-4-9(11(16)3-7(10)5-17)12-2-1-8-13(23(18,21)22)6-19-14(8)20-12/h1-4,6H,(H,19,20)(H2,18,21,22). The fourth-order valence-electron chi connectivity index (χ4n) is 2.19. The van der Waals surface area contributed by atoms with Gasteiger partial charge in [-0.1, -0.05) is 0 Å². The number of pyridine rings is 1. The molecule has 2 aromatic heterocycles. The van der Waals surface area contributed by atoms with Gasteiger partial charge in [-0.15, -0.1) is 0 Å². The summed E-state index contributed by atoms with van der Waals surface area (Å²) < 4.78 is 50.5. The number of aromatic amines is 1. The predicted octanol–water partition coefficient (Wildman–Crippen LogP) is 2.03. The molecule has 0 aliphatic heterocycles. The first-order valence-corrected chi connectivity index (χ1v) is 7.76. The molecule has 0 aliphatic rings. The van der Waals surface area contributed by atoms with Gasteiger partial charge in [-0.2, -0.15) is 5.26 Å². The van der Waals surface area contributed by atoms with Gasteiger partial charge in [0.15, 0.2) is 0 Å². The van der Waals surface area contributed by atoms with Crippen LogP contribution in [0.5, 0.6) is 0 Å². The number of nitrogens with two attached hydrogens (primary N) is 1. The van der Waals surface area contributed by atoms with Crippen molar-refractivity contribution in [1.82, 2.24) is 9.97 Å². The number of aromatic nitrogens is 2. The Labute approximate surface area is 129 Å². The summed E-state index contributed by atoms with van der Waals surface area (Å²) in [6, 6.07) is 5.92. The van der Waals surface area contributed by atoms with Crippen LogP contribution < -0.4 is 5.14 Å². The van der Waals surface area contributed by atoms with Crippen LogP contribution in [0.3, 0.4) is 0 Å². The Morgan fingerprint density at radius 2 is 1.96 bits per heavy atom. The second-order valence-electron chi connectivity index (χ2n) is 4.71. The van der Waals surface area contributed by atoms with Crippen LogP contribution in [-0.2, 0) is 10.0 Å². The van der Waals surface area contributed by atoms with Crippen LogP contribution in [0.2, 0.25) is 0 Å². The van der Waals surface area contributed by atoms with Crippen LogP contribution >= 0.6 is 0 Å². The number of primary sulfonamides is 1. The van der Waals surface area contributed by atoms with Crippen LogP contribution in [0.25, 0.3) is 22.3 Å². The van der Waals surface area contributed by atoms with E-state index in [1.807, 2.05) is 0 Å².